The van der Waals surface area contributed by atoms with Crippen molar-refractivity contribution in [2.75, 3.05) is 20.3 Å². The number of amides is 1. The Labute approximate surface area is 197 Å². The Hall–Kier alpha value is -2.87. The number of halogens is 1. The number of carbonyl (C=O) groups is 1. The van der Waals surface area contributed by atoms with Crippen LogP contribution in [0.2, 0.25) is 0 Å². The Morgan fingerprint density at radius 2 is 1.91 bits per heavy atom. The predicted molar refractivity (Wildman–Crippen MR) is 120 cm³/mol. The van der Waals surface area contributed by atoms with Gasteiger partial charge in [0.25, 0.3) is 5.91 Å². The number of ether oxygens (including phenoxy) is 3. The second-order valence-corrected chi connectivity index (χ2v) is 8.24. The van der Waals surface area contributed by atoms with Gasteiger partial charge in [-0.3, -0.25) is 4.79 Å². The van der Waals surface area contributed by atoms with Crippen molar-refractivity contribution in [1.82, 2.24) is 5.32 Å². The Kier molecular flexibility index (Phi) is 9.10. The summed E-state index contributed by atoms with van der Waals surface area (Å²) in [4.78, 5) is 13.2. The number of nitrogens with one attached hydrogen (secondary N) is 1. The molecule has 1 saturated carbocycles. The molecule has 2 aromatic rings. The molecule has 3 rings (SSSR count). The lowest BCUT2D eigenvalue weighted by Crippen LogP contribution is -2.60. The van der Waals surface area contributed by atoms with Crippen LogP contribution in [0.1, 0.15) is 29.5 Å². The van der Waals surface area contributed by atoms with Crippen LogP contribution in [0.4, 0.5) is 4.39 Å². The molecule has 9 heteroatoms. The van der Waals surface area contributed by atoms with Gasteiger partial charge in [0.05, 0.1) is 43.7 Å². The summed E-state index contributed by atoms with van der Waals surface area (Å²) in [5, 5.41) is 33.3. The highest BCUT2D eigenvalue weighted by molar-refractivity contribution is 5.85. The molecule has 4 atom stereocenters. The first-order valence-corrected chi connectivity index (χ1v) is 11.0. The maximum Gasteiger partial charge on any atom is 0.252 e. The Morgan fingerprint density at radius 1 is 1.18 bits per heavy atom. The van der Waals surface area contributed by atoms with Crippen molar-refractivity contribution in [2.24, 2.45) is 0 Å². The fraction of sp³-hybridized carbons (Fsp3) is 0.440. The molecule has 2 aromatic carbocycles. The molecule has 182 valence electrons. The van der Waals surface area contributed by atoms with E-state index in [1.54, 1.807) is 36.4 Å². The fourth-order valence-corrected chi connectivity index (χ4v) is 3.94. The molecule has 0 heterocycles. The van der Waals surface area contributed by atoms with Gasteiger partial charge in [-0.2, -0.15) is 5.26 Å². The topological polar surface area (TPSA) is 121 Å². The molecular weight excluding hydrogens is 443 g/mol. The molecule has 0 saturated heterocycles. The van der Waals surface area contributed by atoms with Crippen molar-refractivity contribution in [3.63, 3.8) is 0 Å². The van der Waals surface area contributed by atoms with E-state index in [2.05, 4.69) is 11.4 Å². The molecule has 1 unspecified atom stereocenters. The summed E-state index contributed by atoms with van der Waals surface area (Å²) in [6, 6.07) is 14.7. The number of hydrogen-bond donors (Lipinski definition) is 3. The van der Waals surface area contributed by atoms with Crippen LogP contribution >= 0.6 is 0 Å². The van der Waals surface area contributed by atoms with Gasteiger partial charge in [0.15, 0.2) is 5.60 Å². The highest BCUT2D eigenvalue weighted by atomic mass is 19.1. The van der Waals surface area contributed by atoms with Crippen molar-refractivity contribution in [2.45, 2.75) is 50.0 Å². The number of carbonyl (C=O) groups excluding carboxylic acids is 1. The number of nitriles is 1. The molecule has 3 N–H and O–H groups in total. The number of rotatable bonds is 10. The number of benzene rings is 2. The van der Waals surface area contributed by atoms with Gasteiger partial charge in [0.2, 0.25) is 0 Å². The van der Waals surface area contributed by atoms with Gasteiger partial charge in [0.1, 0.15) is 11.9 Å². The van der Waals surface area contributed by atoms with E-state index in [-0.39, 0.29) is 39.2 Å². The minimum Gasteiger partial charge on any atom is -0.390 e. The molecule has 1 fully saturated rings. The summed E-state index contributed by atoms with van der Waals surface area (Å²) >= 11 is 0. The Balaban J connectivity index is 1.80. The third-order valence-corrected chi connectivity index (χ3v) is 5.87. The first-order valence-electron chi connectivity index (χ1n) is 11.0. The van der Waals surface area contributed by atoms with Gasteiger partial charge in [-0.05, 0) is 29.3 Å². The monoisotopic (exact) mass is 472 g/mol. The molecule has 0 aromatic heterocycles. The number of aliphatic hydroxyl groups is 2. The molecule has 0 aliphatic heterocycles. The maximum atomic E-state index is 13.3. The first-order chi connectivity index (χ1) is 16.4. The van der Waals surface area contributed by atoms with Gasteiger partial charge < -0.3 is 29.7 Å². The molecule has 1 amide bonds. The first kappa shape index (κ1) is 25.7. The van der Waals surface area contributed by atoms with Crippen molar-refractivity contribution in [1.29, 1.82) is 5.26 Å². The molecule has 1 aliphatic rings. The van der Waals surface area contributed by atoms with Gasteiger partial charge in [0, 0.05) is 26.5 Å². The van der Waals surface area contributed by atoms with Gasteiger partial charge in [-0.25, -0.2) is 4.39 Å². The van der Waals surface area contributed by atoms with E-state index in [9.17, 15) is 24.7 Å². The molecule has 0 bridgehead atoms. The third kappa shape index (κ3) is 6.38. The highest BCUT2D eigenvalue weighted by Crippen LogP contribution is 2.36. The van der Waals surface area contributed by atoms with Crippen LogP contribution in [-0.2, 0) is 32.2 Å². The predicted octanol–water partition coefficient (Wildman–Crippen LogP) is 1.82. The second-order valence-electron chi connectivity index (χ2n) is 8.24. The lowest BCUT2D eigenvalue weighted by molar-refractivity contribution is -0.200. The minimum atomic E-state index is -1.50. The largest absolute Gasteiger partial charge is 0.390 e. The summed E-state index contributed by atoms with van der Waals surface area (Å²) in [7, 11) is 1.51. The van der Waals surface area contributed by atoms with Crippen molar-refractivity contribution in [3.05, 3.63) is 71.0 Å². The third-order valence-electron chi connectivity index (χ3n) is 5.87. The minimum absolute atomic E-state index is 0.00915. The molecule has 1 aliphatic carbocycles. The van der Waals surface area contributed by atoms with E-state index in [1.807, 2.05) is 0 Å². The van der Waals surface area contributed by atoms with Crippen molar-refractivity contribution < 1.29 is 33.6 Å². The van der Waals surface area contributed by atoms with Crippen LogP contribution in [-0.4, -0.2) is 60.3 Å². The zero-order valence-corrected chi connectivity index (χ0v) is 18.9. The molecule has 8 nitrogen and oxygen atoms in total. The van der Waals surface area contributed by atoms with Crippen LogP contribution in [0, 0.1) is 17.1 Å². The maximum absolute atomic E-state index is 13.3. The number of methoxy groups -OCH3 is 1. The van der Waals surface area contributed by atoms with E-state index < -0.39 is 35.6 Å². The van der Waals surface area contributed by atoms with Gasteiger partial charge >= 0.3 is 0 Å². The average Bonchev–Trinajstić information content (AvgIpc) is 2.85. The number of nitrogens with zero attached hydrogens (tertiary/aromatic N) is 1. The van der Waals surface area contributed by atoms with Crippen LogP contribution < -0.4 is 5.32 Å². The number of hydrogen-bond acceptors (Lipinski definition) is 7. The molecule has 0 radical (unpaired) electrons. The average molecular weight is 473 g/mol. The van der Waals surface area contributed by atoms with Crippen molar-refractivity contribution in [3.8, 4) is 6.07 Å². The summed E-state index contributed by atoms with van der Waals surface area (Å²) in [5.41, 5.74) is 0.204. The van der Waals surface area contributed by atoms with Crippen LogP contribution in [0.25, 0.3) is 0 Å². The normalized spacial score (nSPS) is 24.4. The number of aliphatic hydroxyl groups excluding tert-OH is 2. The van der Waals surface area contributed by atoms with E-state index in [1.165, 1.54) is 19.2 Å². The van der Waals surface area contributed by atoms with Crippen molar-refractivity contribution >= 4 is 5.91 Å². The highest BCUT2D eigenvalue weighted by Gasteiger charge is 2.51. The zero-order chi connectivity index (χ0) is 24.6. The second kappa shape index (κ2) is 12.0. The molecule has 0 spiro atoms. The lowest BCUT2D eigenvalue weighted by atomic mass is 9.78. The Bertz CT molecular complexity index is 996. The quantitative estimate of drug-likeness (QED) is 0.451. The van der Waals surface area contributed by atoms with E-state index in [4.69, 9.17) is 14.2 Å². The van der Waals surface area contributed by atoms with E-state index >= 15 is 0 Å². The molecule has 34 heavy (non-hydrogen) atoms. The summed E-state index contributed by atoms with van der Waals surface area (Å²) in [6.07, 6.45) is -3.64. The van der Waals surface area contributed by atoms with Gasteiger partial charge in [-0.15, -0.1) is 0 Å². The van der Waals surface area contributed by atoms with E-state index in [0.29, 0.717) is 16.7 Å². The van der Waals surface area contributed by atoms with E-state index in [0.717, 1.165) is 0 Å². The zero-order valence-electron chi connectivity index (χ0n) is 18.9. The lowest BCUT2D eigenvalue weighted by Gasteiger charge is -2.44. The molecular formula is C25H29FN2O6. The van der Waals surface area contributed by atoms with Gasteiger partial charge in [-0.1, -0.05) is 30.3 Å². The standard InChI is InChI=1S/C25H29FN2O6/c1-32-11-10-28-24(31)25(34-15-17-6-8-20(26)9-7-17)12-21(29)23(30)22(13-25)33-16-19-5-3-2-4-18(19)14-27/h2-9,21-23,29-30H,10-13,15-16H2,1H3,(H,28,31)/t21-,22?,23-,25+/m1/s1. The summed E-state index contributed by atoms with van der Waals surface area (Å²) in [5.74, 6) is -0.860. The Morgan fingerprint density at radius 3 is 2.62 bits per heavy atom. The fourth-order valence-electron chi connectivity index (χ4n) is 3.94. The summed E-state index contributed by atoms with van der Waals surface area (Å²) < 4.78 is 30.2. The smallest absolute Gasteiger partial charge is 0.252 e. The summed E-state index contributed by atoms with van der Waals surface area (Å²) in [6.45, 7) is 0.523. The van der Waals surface area contributed by atoms with Crippen LogP contribution in [0.15, 0.2) is 48.5 Å². The van der Waals surface area contributed by atoms with Crippen LogP contribution in [0.5, 0.6) is 0 Å². The SMILES string of the molecule is COCCNC(=O)[C@@]1(OCc2ccc(F)cc2)CC(OCc2ccccc2C#N)[C@H](O)[C@H](O)C1. The van der Waals surface area contributed by atoms with Crippen LogP contribution in [0.3, 0.4) is 0 Å².